The summed E-state index contributed by atoms with van der Waals surface area (Å²) >= 11 is 1.57. The van der Waals surface area contributed by atoms with Crippen molar-refractivity contribution >= 4 is 23.8 Å². The summed E-state index contributed by atoms with van der Waals surface area (Å²) in [5, 5.41) is 11.6. The van der Waals surface area contributed by atoms with Crippen molar-refractivity contribution in [2.45, 2.75) is 45.2 Å². The largest absolute Gasteiger partial charge is 0.480 e. The number of urea groups is 1. The average Bonchev–Trinajstić information content (AvgIpc) is 2.35. The highest BCUT2D eigenvalue weighted by Crippen LogP contribution is 2.07. The number of amides is 2. The fourth-order valence-electron chi connectivity index (χ4n) is 1.75. The van der Waals surface area contributed by atoms with Crippen molar-refractivity contribution in [1.29, 1.82) is 0 Å². The Morgan fingerprint density at radius 1 is 1.33 bits per heavy atom. The van der Waals surface area contributed by atoms with Gasteiger partial charge in [0, 0.05) is 13.1 Å². The number of rotatable bonds is 8. The van der Waals surface area contributed by atoms with Gasteiger partial charge in [0.2, 0.25) is 0 Å². The van der Waals surface area contributed by atoms with E-state index < -0.39 is 12.0 Å². The molecule has 0 aliphatic carbocycles. The Balaban J connectivity index is 4.44. The lowest BCUT2D eigenvalue weighted by atomic mass is 10.1. The summed E-state index contributed by atoms with van der Waals surface area (Å²) in [5.74, 6) is -0.262. The molecule has 0 bridgehead atoms. The fourth-order valence-corrected chi connectivity index (χ4v) is 2.22. The predicted octanol–water partition coefficient (Wildman–Crippen LogP) is 2.02. The number of hydrogen-bond donors (Lipinski definition) is 2. The highest BCUT2D eigenvalue weighted by Gasteiger charge is 2.23. The molecule has 0 radical (unpaired) electrons. The fraction of sp³-hybridized carbons (Fsp3) is 0.833. The zero-order chi connectivity index (χ0) is 14.1. The molecule has 106 valence electrons. The van der Waals surface area contributed by atoms with E-state index in [1.54, 1.807) is 23.7 Å². The van der Waals surface area contributed by atoms with Crippen molar-refractivity contribution in [3.63, 3.8) is 0 Å². The lowest BCUT2D eigenvalue weighted by Gasteiger charge is -2.28. The number of nitrogens with zero attached hydrogens (tertiary/aromatic N) is 1. The molecule has 0 heterocycles. The molecule has 0 aliphatic heterocycles. The Labute approximate surface area is 113 Å². The molecule has 0 spiro atoms. The highest BCUT2D eigenvalue weighted by molar-refractivity contribution is 7.98. The minimum absolute atomic E-state index is 0.153. The number of carboxylic acid groups (broad SMARTS) is 1. The van der Waals surface area contributed by atoms with Gasteiger partial charge in [-0.3, -0.25) is 0 Å². The van der Waals surface area contributed by atoms with Gasteiger partial charge < -0.3 is 15.3 Å². The molecule has 0 aliphatic rings. The molecule has 18 heavy (non-hydrogen) atoms. The van der Waals surface area contributed by atoms with Crippen LogP contribution in [0.1, 0.15) is 33.1 Å². The van der Waals surface area contributed by atoms with Crippen LogP contribution in [0.15, 0.2) is 0 Å². The van der Waals surface area contributed by atoms with Gasteiger partial charge in [-0.2, -0.15) is 11.8 Å². The maximum absolute atomic E-state index is 11.9. The number of carboxylic acids is 1. The van der Waals surface area contributed by atoms with Crippen LogP contribution >= 0.6 is 11.8 Å². The Morgan fingerprint density at radius 3 is 2.28 bits per heavy atom. The smallest absolute Gasteiger partial charge is 0.326 e. The first-order chi connectivity index (χ1) is 8.47. The van der Waals surface area contributed by atoms with E-state index >= 15 is 0 Å². The van der Waals surface area contributed by atoms with Gasteiger partial charge in [0.25, 0.3) is 0 Å². The van der Waals surface area contributed by atoms with Crippen molar-refractivity contribution in [2.75, 3.05) is 19.1 Å². The normalized spacial score (nSPS) is 12.3. The third kappa shape index (κ3) is 5.62. The Kier molecular flexibility index (Phi) is 8.62. The van der Waals surface area contributed by atoms with Crippen LogP contribution < -0.4 is 5.32 Å². The quantitative estimate of drug-likeness (QED) is 0.711. The summed E-state index contributed by atoms with van der Waals surface area (Å²) in [5.41, 5.74) is 0. The van der Waals surface area contributed by atoms with E-state index in [0.29, 0.717) is 12.2 Å². The van der Waals surface area contributed by atoms with Crippen LogP contribution in [0.25, 0.3) is 0 Å². The molecule has 6 heteroatoms. The zero-order valence-electron chi connectivity index (χ0n) is 11.6. The van der Waals surface area contributed by atoms with Crippen molar-refractivity contribution < 1.29 is 14.7 Å². The molecular formula is C12H24N2O3S. The van der Waals surface area contributed by atoms with Gasteiger partial charge in [0.05, 0.1) is 0 Å². The van der Waals surface area contributed by atoms with Gasteiger partial charge >= 0.3 is 12.0 Å². The number of carbonyl (C=O) groups excluding carboxylic acids is 1. The molecule has 0 fully saturated rings. The molecule has 0 saturated heterocycles. The van der Waals surface area contributed by atoms with E-state index in [0.717, 1.165) is 12.8 Å². The molecule has 0 rings (SSSR count). The van der Waals surface area contributed by atoms with E-state index in [2.05, 4.69) is 5.32 Å². The molecule has 0 aromatic rings. The van der Waals surface area contributed by atoms with E-state index in [9.17, 15) is 9.59 Å². The maximum atomic E-state index is 11.9. The van der Waals surface area contributed by atoms with Crippen LogP contribution in [-0.4, -0.2) is 53.1 Å². The van der Waals surface area contributed by atoms with Gasteiger partial charge in [0.1, 0.15) is 6.04 Å². The van der Waals surface area contributed by atoms with Gasteiger partial charge in [-0.25, -0.2) is 9.59 Å². The number of hydrogen-bond acceptors (Lipinski definition) is 3. The second-order valence-corrected chi connectivity index (χ2v) is 5.19. The van der Waals surface area contributed by atoms with Crippen molar-refractivity contribution in [3.05, 3.63) is 0 Å². The van der Waals surface area contributed by atoms with Gasteiger partial charge in [-0.05, 0) is 31.3 Å². The second kappa shape index (κ2) is 9.08. The molecule has 0 saturated carbocycles. The SMILES string of the molecule is CCC(CC)N(C)C(=O)N[C@@H](CCSC)C(=O)O. The third-order valence-electron chi connectivity index (χ3n) is 3.02. The van der Waals surface area contributed by atoms with Crippen molar-refractivity contribution in [2.24, 2.45) is 0 Å². The van der Waals surface area contributed by atoms with E-state index in [4.69, 9.17) is 5.11 Å². The van der Waals surface area contributed by atoms with Crippen LogP contribution in [0.4, 0.5) is 4.79 Å². The lowest BCUT2D eigenvalue weighted by molar-refractivity contribution is -0.139. The van der Waals surface area contributed by atoms with Crippen LogP contribution in [0.3, 0.4) is 0 Å². The topological polar surface area (TPSA) is 69.6 Å². The summed E-state index contributed by atoms with van der Waals surface area (Å²) in [6, 6.07) is -0.959. The molecule has 0 unspecified atom stereocenters. The molecular weight excluding hydrogens is 252 g/mol. The molecule has 2 N–H and O–H groups in total. The monoisotopic (exact) mass is 276 g/mol. The predicted molar refractivity (Wildman–Crippen MR) is 75.1 cm³/mol. The van der Waals surface area contributed by atoms with Gasteiger partial charge in [-0.15, -0.1) is 0 Å². The van der Waals surface area contributed by atoms with Crippen molar-refractivity contribution in [3.8, 4) is 0 Å². The van der Waals surface area contributed by atoms with Crippen LogP contribution in [-0.2, 0) is 4.79 Å². The third-order valence-corrected chi connectivity index (χ3v) is 3.66. The van der Waals surface area contributed by atoms with Crippen LogP contribution in [0, 0.1) is 0 Å². The minimum atomic E-state index is -0.977. The standard InChI is InChI=1S/C12H24N2O3S/c1-5-9(6-2)14(3)12(17)13-10(11(15)16)7-8-18-4/h9-10H,5-8H2,1-4H3,(H,13,17)(H,15,16)/t10-/m0/s1. The van der Waals surface area contributed by atoms with E-state index in [-0.39, 0.29) is 12.1 Å². The first-order valence-electron chi connectivity index (χ1n) is 6.22. The summed E-state index contributed by atoms with van der Waals surface area (Å²) in [7, 11) is 1.71. The maximum Gasteiger partial charge on any atom is 0.326 e. The first kappa shape index (κ1) is 17.1. The van der Waals surface area contributed by atoms with E-state index in [1.165, 1.54) is 0 Å². The lowest BCUT2D eigenvalue weighted by Crippen LogP contribution is -2.49. The molecule has 0 aromatic heterocycles. The minimum Gasteiger partial charge on any atom is -0.480 e. The summed E-state index contributed by atoms with van der Waals surface area (Å²) < 4.78 is 0. The molecule has 5 nitrogen and oxygen atoms in total. The van der Waals surface area contributed by atoms with Crippen LogP contribution in [0.5, 0.6) is 0 Å². The van der Waals surface area contributed by atoms with Gasteiger partial charge in [0.15, 0.2) is 0 Å². The molecule has 1 atom stereocenters. The van der Waals surface area contributed by atoms with Crippen molar-refractivity contribution in [1.82, 2.24) is 10.2 Å². The zero-order valence-corrected chi connectivity index (χ0v) is 12.4. The second-order valence-electron chi connectivity index (χ2n) is 4.20. The summed E-state index contributed by atoms with van der Waals surface area (Å²) in [4.78, 5) is 24.5. The number of aliphatic carboxylic acids is 1. The Morgan fingerprint density at radius 2 is 1.89 bits per heavy atom. The van der Waals surface area contributed by atoms with E-state index in [1.807, 2.05) is 20.1 Å². The van der Waals surface area contributed by atoms with Crippen LogP contribution in [0.2, 0.25) is 0 Å². The summed E-state index contributed by atoms with van der Waals surface area (Å²) in [6.07, 6.45) is 4.09. The highest BCUT2D eigenvalue weighted by atomic mass is 32.2. The number of carbonyl (C=O) groups is 2. The molecule has 2 amide bonds. The Bertz CT molecular complexity index is 270. The summed E-state index contributed by atoms with van der Waals surface area (Å²) in [6.45, 7) is 4.03. The van der Waals surface area contributed by atoms with Gasteiger partial charge in [-0.1, -0.05) is 13.8 Å². The first-order valence-corrected chi connectivity index (χ1v) is 7.62. The molecule has 0 aromatic carbocycles. The number of thioether (sulfide) groups is 1. The number of nitrogens with one attached hydrogen (secondary N) is 1. The Hall–Kier alpha value is -0.910. The average molecular weight is 276 g/mol.